The quantitative estimate of drug-likeness (QED) is 0.299. The molecule has 220 valence electrons. The van der Waals surface area contributed by atoms with Gasteiger partial charge in [0.25, 0.3) is 0 Å². The fourth-order valence-electron chi connectivity index (χ4n) is 7.19. The molecule has 2 heterocycles. The predicted molar refractivity (Wildman–Crippen MR) is 142 cm³/mol. The second kappa shape index (κ2) is 10.2. The predicted octanol–water partition coefficient (Wildman–Crippen LogP) is 5.44. The van der Waals surface area contributed by atoms with Gasteiger partial charge in [0.2, 0.25) is 11.8 Å². The molecule has 2 aliphatic heterocycles. The van der Waals surface area contributed by atoms with Gasteiger partial charge in [-0.2, -0.15) is 13.2 Å². The number of ether oxygens (including phenoxy) is 1. The molecular formula is C31H34F4N2O4. The van der Waals surface area contributed by atoms with Crippen LogP contribution in [-0.2, 0) is 30.8 Å². The highest BCUT2D eigenvalue weighted by atomic mass is 19.4. The third kappa shape index (κ3) is 4.83. The minimum Gasteiger partial charge on any atom is -0.468 e. The van der Waals surface area contributed by atoms with E-state index in [1.165, 1.54) is 35.2 Å². The standard InChI is InChI=1S/C31H34F4N2O4/c1-29(2,3)17-11-13-22(14-12-17)37-26(38)23-24(27(37)39)30(36-25(23)28(40)41-4,19-8-6-10-21(32)16-19)18-7-5-9-20(15-18)31(33,34)35/h5-10,15-17,22-25,36H,11-14H2,1-4H3/t17?,22?,23-,24-,25+,30-/m0/s1. The first kappa shape index (κ1) is 29.2. The lowest BCUT2D eigenvalue weighted by atomic mass is 9.71. The zero-order valence-electron chi connectivity index (χ0n) is 23.4. The van der Waals surface area contributed by atoms with Crippen molar-refractivity contribution in [1.29, 1.82) is 0 Å². The molecule has 6 nitrogen and oxygen atoms in total. The Kier molecular flexibility index (Phi) is 7.29. The molecule has 5 rings (SSSR count). The van der Waals surface area contributed by atoms with Crippen molar-refractivity contribution in [2.45, 2.75) is 70.3 Å². The van der Waals surface area contributed by atoms with E-state index in [-0.39, 0.29) is 16.5 Å². The number of esters is 1. The molecule has 0 aromatic heterocycles. The fraction of sp³-hybridized carbons (Fsp3) is 0.516. The van der Waals surface area contributed by atoms with E-state index in [0.717, 1.165) is 38.2 Å². The monoisotopic (exact) mass is 574 g/mol. The normalized spacial score (nSPS) is 30.4. The number of alkyl halides is 3. The first-order valence-electron chi connectivity index (χ1n) is 13.9. The zero-order valence-corrected chi connectivity index (χ0v) is 23.4. The highest BCUT2D eigenvalue weighted by molar-refractivity contribution is 6.09. The van der Waals surface area contributed by atoms with E-state index >= 15 is 0 Å². The topological polar surface area (TPSA) is 75.7 Å². The smallest absolute Gasteiger partial charge is 0.416 e. The van der Waals surface area contributed by atoms with Crippen LogP contribution in [0.5, 0.6) is 0 Å². The van der Waals surface area contributed by atoms with Crippen molar-refractivity contribution in [3.05, 3.63) is 71.0 Å². The minimum atomic E-state index is -4.70. The summed E-state index contributed by atoms with van der Waals surface area (Å²) in [4.78, 5) is 42.7. The van der Waals surface area contributed by atoms with Crippen molar-refractivity contribution >= 4 is 17.8 Å². The van der Waals surface area contributed by atoms with Crippen LogP contribution in [0.1, 0.15) is 63.1 Å². The summed E-state index contributed by atoms with van der Waals surface area (Å²) in [7, 11) is 1.14. The molecule has 10 heteroatoms. The molecule has 2 aromatic carbocycles. The summed E-state index contributed by atoms with van der Waals surface area (Å²) in [5, 5.41) is 3.03. The van der Waals surface area contributed by atoms with E-state index in [0.29, 0.717) is 18.8 Å². The summed E-state index contributed by atoms with van der Waals surface area (Å²) in [6, 6.07) is 7.83. The summed E-state index contributed by atoms with van der Waals surface area (Å²) in [6.07, 6.45) is -1.91. The van der Waals surface area contributed by atoms with Gasteiger partial charge in [-0.3, -0.25) is 24.6 Å². The van der Waals surface area contributed by atoms with Gasteiger partial charge in [-0.05, 0) is 72.4 Å². The van der Waals surface area contributed by atoms with E-state index in [4.69, 9.17) is 4.74 Å². The molecule has 0 unspecified atom stereocenters. The first-order chi connectivity index (χ1) is 19.2. The Labute approximate surface area is 236 Å². The fourth-order valence-corrected chi connectivity index (χ4v) is 7.19. The molecule has 3 fully saturated rings. The van der Waals surface area contributed by atoms with Gasteiger partial charge in [0, 0.05) is 6.04 Å². The van der Waals surface area contributed by atoms with Gasteiger partial charge in [-0.25, -0.2) is 4.39 Å². The third-order valence-corrected chi connectivity index (χ3v) is 9.26. The molecule has 0 radical (unpaired) electrons. The van der Waals surface area contributed by atoms with Crippen LogP contribution >= 0.6 is 0 Å². The Balaban J connectivity index is 1.66. The number of nitrogens with one attached hydrogen (secondary N) is 1. The number of rotatable bonds is 4. The van der Waals surface area contributed by atoms with Gasteiger partial charge >= 0.3 is 12.1 Å². The lowest BCUT2D eigenvalue weighted by Crippen LogP contribution is -2.53. The van der Waals surface area contributed by atoms with Crippen molar-refractivity contribution in [1.82, 2.24) is 10.2 Å². The maximum atomic E-state index is 14.7. The Bertz CT molecular complexity index is 1360. The second-order valence-corrected chi connectivity index (χ2v) is 12.5. The number of methoxy groups -OCH3 is 1. The molecule has 0 spiro atoms. The van der Waals surface area contributed by atoms with Crippen LogP contribution in [-0.4, -0.2) is 41.9 Å². The Morgan fingerprint density at radius 1 is 0.951 bits per heavy atom. The number of amides is 2. The molecular weight excluding hydrogens is 540 g/mol. The van der Waals surface area contributed by atoms with Gasteiger partial charge in [-0.1, -0.05) is 45.0 Å². The molecule has 4 atom stereocenters. The van der Waals surface area contributed by atoms with Crippen LogP contribution in [0.2, 0.25) is 0 Å². The van der Waals surface area contributed by atoms with Gasteiger partial charge in [0.15, 0.2) is 0 Å². The lowest BCUT2D eigenvalue weighted by Gasteiger charge is -2.41. The molecule has 41 heavy (non-hydrogen) atoms. The molecule has 2 amide bonds. The van der Waals surface area contributed by atoms with E-state index in [9.17, 15) is 31.9 Å². The molecule has 3 aliphatic rings. The number of carbonyl (C=O) groups excluding carboxylic acids is 3. The third-order valence-electron chi connectivity index (χ3n) is 9.26. The maximum absolute atomic E-state index is 14.7. The van der Waals surface area contributed by atoms with Gasteiger partial charge in [-0.15, -0.1) is 0 Å². The van der Waals surface area contributed by atoms with Crippen molar-refractivity contribution in [2.75, 3.05) is 7.11 Å². The van der Waals surface area contributed by atoms with Crippen LogP contribution in [0.25, 0.3) is 0 Å². The second-order valence-electron chi connectivity index (χ2n) is 12.5. The summed E-state index contributed by atoms with van der Waals surface area (Å²) in [6.45, 7) is 6.47. The SMILES string of the molecule is COC(=O)[C@@H]1N[C@](c2cccc(F)c2)(c2cccc(C(F)(F)F)c2)[C@@H]2C(=O)N(C3CCC(C(C)(C)C)CC3)C(=O)[C@@H]21. The molecule has 0 bridgehead atoms. The number of benzene rings is 2. The van der Waals surface area contributed by atoms with Crippen LogP contribution in [0, 0.1) is 29.0 Å². The zero-order chi connectivity index (χ0) is 29.9. The lowest BCUT2D eigenvalue weighted by molar-refractivity contribution is -0.150. The van der Waals surface area contributed by atoms with Crippen LogP contribution in [0.4, 0.5) is 17.6 Å². The Morgan fingerprint density at radius 2 is 1.56 bits per heavy atom. The average Bonchev–Trinajstić information content (AvgIpc) is 3.41. The highest BCUT2D eigenvalue weighted by Gasteiger charge is 2.69. The van der Waals surface area contributed by atoms with Crippen molar-refractivity contribution < 1.29 is 36.7 Å². The van der Waals surface area contributed by atoms with Crippen LogP contribution in [0.15, 0.2) is 48.5 Å². The largest absolute Gasteiger partial charge is 0.468 e. The molecule has 1 saturated carbocycles. The Hall–Kier alpha value is -3.27. The first-order valence-corrected chi connectivity index (χ1v) is 13.9. The van der Waals surface area contributed by atoms with Crippen LogP contribution in [0.3, 0.4) is 0 Å². The number of nitrogens with zero attached hydrogens (tertiary/aromatic N) is 1. The number of hydrogen-bond donors (Lipinski definition) is 1. The van der Waals surface area contributed by atoms with E-state index < -0.39 is 64.8 Å². The van der Waals surface area contributed by atoms with Gasteiger partial charge < -0.3 is 4.74 Å². The number of hydrogen-bond acceptors (Lipinski definition) is 5. The van der Waals surface area contributed by atoms with Crippen LogP contribution < -0.4 is 5.32 Å². The number of halogens is 4. The molecule has 2 saturated heterocycles. The number of carbonyl (C=O) groups is 3. The summed E-state index contributed by atoms with van der Waals surface area (Å²) in [5.41, 5.74) is -2.58. The van der Waals surface area contributed by atoms with Gasteiger partial charge in [0.1, 0.15) is 11.9 Å². The summed E-state index contributed by atoms with van der Waals surface area (Å²) >= 11 is 0. The molecule has 1 N–H and O–H groups in total. The van der Waals surface area contributed by atoms with E-state index in [1.807, 2.05) is 0 Å². The van der Waals surface area contributed by atoms with Crippen molar-refractivity contribution in [3.8, 4) is 0 Å². The average molecular weight is 575 g/mol. The van der Waals surface area contributed by atoms with Crippen molar-refractivity contribution in [2.24, 2.45) is 23.2 Å². The molecule has 1 aliphatic carbocycles. The van der Waals surface area contributed by atoms with E-state index in [2.05, 4.69) is 26.1 Å². The highest BCUT2D eigenvalue weighted by Crippen LogP contribution is 2.53. The van der Waals surface area contributed by atoms with Crippen molar-refractivity contribution in [3.63, 3.8) is 0 Å². The Morgan fingerprint density at radius 3 is 2.12 bits per heavy atom. The number of imide groups is 1. The number of fused-ring (bicyclic) bond motifs is 1. The van der Waals surface area contributed by atoms with Gasteiger partial charge in [0.05, 0.1) is 30.0 Å². The number of likely N-dealkylation sites (tertiary alicyclic amines) is 1. The summed E-state index contributed by atoms with van der Waals surface area (Å²) < 4.78 is 61.2. The van der Waals surface area contributed by atoms with E-state index in [1.54, 1.807) is 0 Å². The minimum absolute atomic E-state index is 0.00114. The molecule has 2 aromatic rings. The maximum Gasteiger partial charge on any atom is 0.416 e. The summed E-state index contributed by atoms with van der Waals surface area (Å²) in [5.74, 6) is -4.79.